The molecule has 2 saturated heterocycles. The number of nitrogens with two attached hydrogens (primary N) is 1. The first-order chi connectivity index (χ1) is 7.75. The molecule has 1 saturated carbocycles. The van der Waals surface area contributed by atoms with Crippen molar-refractivity contribution in [2.24, 2.45) is 11.7 Å². The first kappa shape index (κ1) is 11.0. The van der Waals surface area contributed by atoms with Crippen molar-refractivity contribution in [2.45, 2.75) is 43.7 Å². The van der Waals surface area contributed by atoms with Crippen LogP contribution in [0.15, 0.2) is 0 Å². The van der Waals surface area contributed by atoms with Gasteiger partial charge in [-0.2, -0.15) is 0 Å². The van der Waals surface area contributed by atoms with E-state index >= 15 is 0 Å². The van der Waals surface area contributed by atoms with E-state index in [0.717, 1.165) is 18.5 Å². The topological polar surface area (TPSA) is 32.5 Å². The van der Waals surface area contributed by atoms with E-state index in [1.54, 1.807) is 0 Å². The van der Waals surface area contributed by atoms with Crippen LogP contribution in [0, 0.1) is 5.92 Å². The van der Waals surface area contributed by atoms with E-state index in [9.17, 15) is 0 Å². The van der Waals surface area contributed by atoms with Gasteiger partial charge in [0.05, 0.1) is 0 Å². The summed E-state index contributed by atoms with van der Waals surface area (Å²) in [5, 5.41) is 0. The first-order valence-electron chi connectivity index (χ1n) is 6.90. The smallest absolute Gasteiger partial charge is 0.0333 e. The summed E-state index contributed by atoms with van der Waals surface area (Å²) in [6, 6.07) is 0.860. The summed E-state index contributed by atoms with van der Waals surface area (Å²) in [4.78, 5) is 5.31. The van der Waals surface area contributed by atoms with Crippen LogP contribution in [0.5, 0.6) is 0 Å². The van der Waals surface area contributed by atoms with Crippen molar-refractivity contribution in [1.29, 1.82) is 0 Å². The monoisotopic (exact) mass is 223 g/mol. The van der Waals surface area contributed by atoms with E-state index in [1.165, 1.54) is 51.7 Å². The minimum atomic E-state index is 0.432. The van der Waals surface area contributed by atoms with Crippen LogP contribution in [-0.2, 0) is 0 Å². The van der Waals surface area contributed by atoms with E-state index in [-0.39, 0.29) is 0 Å². The summed E-state index contributed by atoms with van der Waals surface area (Å²) in [6.45, 7) is 4.78. The van der Waals surface area contributed by atoms with Crippen molar-refractivity contribution < 1.29 is 0 Å². The van der Waals surface area contributed by atoms with Crippen LogP contribution < -0.4 is 5.73 Å². The van der Waals surface area contributed by atoms with Gasteiger partial charge in [-0.25, -0.2) is 0 Å². The maximum Gasteiger partial charge on any atom is 0.0333 e. The first-order valence-corrected chi connectivity index (χ1v) is 6.90. The van der Waals surface area contributed by atoms with Crippen LogP contribution in [0.4, 0.5) is 0 Å². The second-order valence-corrected chi connectivity index (χ2v) is 6.11. The average Bonchev–Trinajstić information content (AvgIpc) is 3.10. The molecule has 92 valence electrons. The number of fused-ring (bicyclic) bond motifs is 1. The maximum atomic E-state index is 5.94. The zero-order chi connectivity index (χ0) is 11.2. The van der Waals surface area contributed by atoms with E-state index in [1.807, 2.05) is 0 Å². The van der Waals surface area contributed by atoms with Gasteiger partial charge in [0.15, 0.2) is 0 Å². The summed E-state index contributed by atoms with van der Waals surface area (Å²) < 4.78 is 0. The molecule has 3 heteroatoms. The Morgan fingerprint density at radius 1 is 1.25 bits per heavy atom. The Bertz CT molecular complexity index is 262. The van der Waals surface area contributed by atoms with Crippen molar-refractivity contribution in [3.8, 4) is 0 Å². The molecule has 3 rings (SSSR count). The molecular formula is C13H25N3. The molecule has 0 bridgehead atoms. The van der Waals surface area contributed by atoms with Crippen molar-refractivity contribution in [1.82, 2.24) is 9.80 Å². The Morgan fingerprint density at radius 2 is 2.06 bits per heavy atom. The molecule has 0 aromatic heterocycles. The van der Waals surface area contributed by atoms with Crippen LogP contribution in [0.3, 0.4) is 0 Å². The van der Waals surface area contributed by atoms with E-state index in [4.69, 9.17) is 5.73 Å². The number of likely N-dealkylation sites (tertiary alicyclic amines) is 2. The van der Waals surface area contributed by atoms with Crippen molar-refractivity contribution in [3.63, 3.8) is 0 Å². The van der Waals surface area contributed by atoms with Gasteiger partial charge in [-0.15, -0.1) is 0 Å². The van der Waals surface area contributed by atoms with Crippen LogP contribution in [0.1, 0.15) is 32.1 Å². The lowest BCUT2D eigenvalue weighted by Crippen LogP contribution is -2.56. The predicted molar refractivity (Wildman–Crippen MR) is 66.4 cm³/mol. The fraction of sp³-hybridized carbons (Fsp3) is 1.00. The van der Waals surface area contributed by atoms with Gasteiger partial charge in [0.25, 0.3) is 0 Å². The third-order valence-electron chi connectivity index (χ3n) is 5.22. The molecule has 2 heterocycles. The van der Waals surface area contributed by atoms with Gasteiger partial charge in [-0.1, -0.05) is 0 Å². The van der Waals surface area contributed by atoms with Gasteiger partial charge in [0.2, 0.25) is 0 Å². The summed E-state index contributed by atoms with van der Waals surface area (Å²) >= 11 is 0. The molecule has 3 aliphatic rings. The number of rotatable bonds is 2. The van der Waals surface area contributed by atoms with Crippen molar-refractivity contribution in [3.05, 3.63) is 0 Å². The molecule has 0 aromatic carbocycles. The summed E-state index contributed by atoms with van der Waals surface area (Å²) in [6.07, 6.45) is 6.88. The number of piperidine rings is 2. The number of hydrogen-bond acceptors (Lipinski definition) is 3. The maximum absolute atomic E-state index is 5.94. The Hall–Kier alpha value is -0.120. The molecule has 0 spiro atoms. The van der Waals surface area contributed by atoms with Gasteiger partial charge < -0.3 is 10.6 Å². The fourth-order valence-corrected chi connectivity index (χ4v) is 3.88. The quantitative estimate of drug-likeness (QED) is 0.755. The highest BCUT2D eigenvalue weighted by molar-refractivity contribution is 5.07. The van der Waals surface area contributed by atoms with Gasteiger partial charge in [-0.3, -0.25) is 4.90 Å². The summed E-state index contributed by atoms with van der Waals surface area (Å²) in [5.74, 6) is 0.913. The molecule has 1 aliphatic carbocycles. The Balaban J connectivity index is 1.66. The SMILES string of the molecule is CN1CCCC2CN(C3(CN)CC3)CCC21. The van der Waals surface area contributed by atoms with E-state index in [2.05, 4.69) is 16.8 Å². The lowest BCUT2D eigenvalue weighted by Gasteiger charge is -2.48. The second kappa shape index (κ2) is 3.97. The van der Waals surface area contributed by atoms with Gasteiger partial charge in [-0.05, 0) is 51.6 Å². The van der Waals surface area contributed by atoms with Crippen molar-refractivity contribution >= 4 is 0 Å². The average molecular weight is 223 g/mol. The number of hydrogen-bond donors (Lipinski definition) is 1. The molecule has 2 unspecified atom stereocenters. The van der Waals surface area contributed by atoms with Gasteiger partial charge in [0.1, 0.15) is 0 Å². The highest BCUT2D eigenvalue weighted by Crippen LogP contribution is 2.44. The van der Waals surface area contributed by atoms with Gasteiger partial charge >= 0.3 is 0 Å². The van der Waals surface area contributed by atoms with Crippen LogP contribution >= 0.6 is 0 Å². The van der Waals surface area contributed by atoms with Crippen molar-refractivity contribution in [2.75, 3.05) is 33.2 Å². The minimum Gasteiger partial charge on any atom is -0.329 e. The summed E-state index contributed by atoms with van der Waals surface area (Å²) in [5.41, 5.74) is 6.37. The predicted octanol–water partition coefficient (Wildman–Crippen LogP) is 0.894. The fourth-order valence-electron chi connectivity index (χ4n) is 3.88. The molecule has 2 atom stereocenters. The summed E-state index contributed by atoms with van der Waals surface area (Å²) in [7, 11) is 2.31. The second-order valence-electron chi connectivity index (χ2n) is 6.11. The Labute approximate surface area is 99.0 Å². The molecule has 2 N–H and O–H groups in total. The molecule has 16 heavy (non-hydrogen) atoms. The highest BCUT2D eigenvalue weighted by Gasteiger charge is 2.49. The third-order valence-corrected chi connectivity index (χ3v) is 5.22. The molecule has 0 amide bonds. The van der Waals surface area contributed by atoms with Gasteiger partial charge in [0, 0.05) is 31.2 Å². The molecule has 2 aliphatic heterocycles. The lowest BCUT2D eigenvalue weighted by atomic mass is 9.83. The minimum absolute atomic E-state index is 0.432. The Morgan fingerprint density at radius 3 is 2.75 bits per heavy atom. The molecule has 0 aromatic rings. The molecular weight excluding hydrogens is 198 g/mol. The zero-order valence-corrected chi connectivity index (χ0v) is 10.5. The van der Waals surface area contributed by atoms with Crippen LogP contribution in [0.2, 0.25) is 0 Å². The zero-order valence-electron chi connectivity index (χ0n) is 10.5. The third kappa shape index (κ3) is 1.69. The molecule has 3 fully saturated rings. The van der Waals surface area contributed by atoms with E-state index < -0.39 is 0 Å². The van der Waals surface area contributed by atoms with E-state index in [0.29, 0.717) is 5.54 Å². The largest absolute Gasteiger partial charge is 0.329 e. The highest BCUT2D eigenvalue weighted by atomic mass is 15.3. The van der Waals surface area contributed by atoms with Crippen LogP contribution in [-0.4, -0.2) is 54.6 Å². The standard InChI is InChI=1S/C13H25N3/c1-15-7-2-3-11-9-16(8-4-12(11)15)13(10-14)5-6-13/h11-12H,2-10,14H2,1H3. The molecule has 3 nitrogen and oxygen atoms in total. The Kier molecular flexibility index (Phi) is 2.73. The normalized spacial score (nSPS) is 39.4. The number of nitrogens with zero attached hydrogens (tertiary/aromatic N) is 2. The molecule has 0 radical (unpaired) electrons. The van der Waals surface area contributed by atoms with Crippen LogP contribution in [0.25, 0.3) is 0 Å². The lowest BCUT2D eigenvalue weighted by molar-refractivity contribution is 0.0155.